The van der Waals surface area contributed by atoms with Crippen LogP contribution < -0.4 is 5.32 Å². The molecule has 108 valence electrons. The Balaban J connectivity index is 2.38. The first-order valence-electron chi connectivity index (χ1n) is 5.91. The highest BCUT2D eigenvalue weighted by molar-refractivity contribution is 6.06. The van der Waals surface area contributed by atoms with Crippen LogP contribution in [-0.4, -0.2) is 10.8 Å². The molecule has 5 nitrogen and oxygen atoms in total. The van der Waals surface area contributed by atoms with Gasteiger partial charge in [-0.25, -0.2) is 8.78 Å². The molecule has 0 radical (unpaired) electrons. The van der Waals surface area contributed by atoms with Gasteiger partial charge in [0, 0.05) is 17.2 Å². The van der Waals surface area contributed by atoms with Gasteiger partial charge in [0.25, 0.3) is 11.6 Å². The number of nitrogens with one attached hydrogen (secondary N) is 1. The summed E-state index contributed by atoms with van der Waals surface area (Å²) in [7, 11) is 0. The van der Waals surface area contributed by atoms with Crippen molar-refractivity contribution in [3.8, 4) is 0 Å². The lowest BCUT2D eigenvalue weighted by Gasteiger charge is -2.09. The zero-order valence-electron chi connectivity index (χ0n) is 10.9. The van der Waals surface area contributed by atoms with Gasteiger partial charge >= 0.3 is 0 Å². The molecule has 0 aliphatic carbocycles. The standard InChI is InChI=1S/C14H10F2N2O3/c1-8-9(4-2-7-12(8)18(20)21)14(19)17-13-10(15)5-3-6-11(13)16/h2-7H,1H3,(H,17,19). The Morgan fingerprint density at radius 2 is 1.71 bits per heavy atom. The van der Waals surface area contributed by atoms with Gasteiger partial charge in [-0.3, -0.25) is 14.9 Å². The molecule has 1 amide bonds. The Kier molecular flexibility index (Phi) is 3.93. The normalized spacial score (nSPS) is 10.2. The number of hydrogen-bond donors (Lipinski definition) is 1. The molecule has 0 bridgehead atoms. The Morgan fingerprint density at radius 1 is 1.14 bits per heavy atom. The van der Waals surface area contributed by atoms with Gasteiger partial charge in [0.15, 0.2) is 0 Å². The van der Waals surface area contributed by atoms with Crippen molar-refractivity contribution in [2.24, 2.45) is 0 Å². The van der Waals surface area contributed by atoms with Crippen molar-refractivity contribution in [2.45, 2.75) is 6.92 Å². The highest BCUT2D eigenvalue weighted by Crippen LogP contribution is 2.23. The maximum Gasteiger partial charge on any atom is 0.273 e. The van der Waals surface area contributed by atoms with Crippen molar-refractivity contribution >= 4 is 17.3 Å². The van der Waals surface area contributed by atoms with Crippen LogP contribution in [0.15, 0.2) is 36.4 Å². The molecule has 0 aliphatic heterocycles. The molecule has 0 heterocycles. The second-order valence-corrected chi connectivity index (χ2v) is 4.26. The van der Waals surface area contributed by atoms with E-state index in [9.17, 15) is 23.7 Å². The summed E-state index contributed by atoms with van der Waals surface area (Å²) in [5, 5.41) is 12.9. The number of rotatable bonds is 3. The number of nitro groups is 1. The number of halogens is 2. The summed E-state index contributed by atoms with van der Waals surface area (Å²) in [5.41, 5.74) is -0.728. The van der Waals surface area contributed by atoms with Crippen LogP contribution in [-0.2, 0) is 0 Å². The molecular formula is C14H10F2N2O3. The van der Waals surface area contributed by atoms with E-state index in [1.807, 2.05) is 0 Å². The topological polar surface area (TPSA) is 72.2 Å². The molecular weight excluding hydrogens is 282 g/mol. The summed E-state index contributed by atoms with van der Waals surface area (Å²) in [4.78, 5) is 22.2. The van der Waals surface area contributed by atoms with E-state index in [2.05, 4.69) is 5.32 Å². The van der Waals surface area contributed by atoms with Crippen LogP contribution in [0.2, 0.25) is 0 Å². The molecule has 0 unspecified atom stereocenters. The fourth-order valence-electron chi connectivity index (χ4n) is 1.87. The number of para-hydroxylation sites is 1. The minimum Gasteiger partial charge on any atom is -0.317 e. The van der Waals surface area contributed by atoms with E-state index in [1.54, 1.807) is 0 Å². The Labute approximate surface area is 118 Å². The highest BCUT2D eigenvalue weighted by Gasteiger charge is 2.19. The molecule has 1 N–H and O–H groups in total. The molecule has 2 rings (SSSR count). The molecule has 0 atom stereocenters. The van der Waals surface area contributed by atoms with Crippen molar-refractivity contribution in [3.05, 3.63) is 69.3 Å². The van der Waals surface area contributed by atoms with Crippen LogP contribution in [0.3, 0.4) is 0 Å². The number of carbonyl (C=O) groups is 1. The zero-order valence-corrected chi connectivity index (χ0v) is 10.9. The van der Waals surface area contributed by atoms with Gasteiger partial charge in [-0.1, -0.05) is 12.1 Å². The van der Waals surface area contributed by atoms with Crippen molar-refractivity contribution in [3.63, 3.8) is 0 Å². The van der Waals surface area contributed by atoms with E-state index in [4.69, 9.17) is 0 Å². The van der Waals surface area contributed by atoms with Crippen LogP contribution in [0.4, 0.5) is 20.2 Å². The highest BCUT2D eigenvalue weighted by atomic mass is 19.1. The molecule has 0 saturated heterocycles. The van der Waals surface area contributed by atoms with Crippen molar-refractivity contribution in [1.82, 2.24) is 0 Å². The lowest BCUT2D eigenvalue weighted by molar-refractivity contribution is -0.385. The molecule has 0 fully saturated rings. The van der Waals surface area contributed by atoms with E-state index in [0.717, 1.165) is 12.1 Å². The van der Waals surface area contributed by atoms with E-state index >= 15 is 0 Å². The fourth-order valence-corrected chi connectivity index (χ4v) is 1.87. The lowest BCUT2D eigenvalue weighted by Crippen LogP contribution is -2.16. The molecule has 2 aromatic carbocycles. The summed E-state index contributed by atoms with van der Waals surface area (Å²) in [5.74, 6) is -2.67. The third kappa shape index (κ3) is 2.86. The van der Waals surface area contributed by atoms with Gasteiger partial charge in [0.05, 0.1) is 4.92 Å². The number of nitro benzene ring substituents is 1. The minimum absolute atomic E-state index is 0.0214. The first-order valence-corrected chi connectivity index (χ1v) is 5.91. The maximum atomic E-state index is 13.5. The monoisotopic (exact) mass is 292 g/mol. The molecule has 0 aromatic heterocycles. The molecule has 21 heavy (non-hydrogen) atoms. The molecule has 0 saturated carbocycles. The van der Waals surface area contributed by atoms with E-state index < -0.39 is 28.2 Å². The van der Waals surface area contributed by atoms with Gasteiger partial charge < -0.3 is 5.32 Å². The third-order valence-electron chi connectivity index (χ3n) is 2.95. The number of nitrogens with zero attached hydrogens (tertiary/aromatic N) is 1. The van der Waals surface area contributed by atoms with Gasteiger partial charge in [0.1, 0.15) is 17.3 Å². The SMILES string of the molecule is Cc1c(C(=O)Nc2c(F)cccc2F)cccc1[N+](=O)[O-]. The predicted octanol–water partition coefficient (Wildman–Crippen LogP) is 3.43. The van der Waals surface area contributed by atoms with Crippen LogP contribution >= 0.6 is 0 Å². The van der Waals surface area contributed by atoms with Gasteiger partial charge in [-0.15, -0.1) is 0 Å². The van der Waals surface area contributed by atoms with Gasteiger partial charge in [0.2, 0.25) is 0 Å². The Morgan fingerprint density at radius 3 is 2.29 bits per heavy atom. The van der Waals surface area contributed by atoms with Crippen LogP contribution in [0.25, 0.3) is 0 Å². The van der Waals surface area contributed by atoms with Gasteiger partial charge in [-0.2, -0.15) is 0 Å². The van der Waals surface area contributed by atoms with Crippen LogP contribution in [0, 0.1) is 28.7 Å². The van der Waals surface area contributed by atoms with Gasteiger partial charge in [-0.05, 0) is 25.1 Å². The number of amides is 1. The van der Waals surface area contributed by atoms with E-state index in [1.165, 1.54) is 31.2 Å². The van der Waals surface area contributed by atoms with E-state index in [-0.39, 0.29) is 16.8 Å². The minimum atomic E-state index is -0.925. The third-order valence-corrected chi connectivity index (χ3v) is 2.95. The van der Waals surface area contributed by atoms with E-state index in [0.29, 0.717) is 0 Å². The average molecular weight is 292 g/mol. The predicted molar refractivity (Wildman–Crippen MR) is 72.1 cm³/mol. The number of hydrogen-bond acceptors (Lipinski definition) is 3. The summed E-state index contributed by atoms with van der Waals surface area (Å²) in [6, 6.07) is 7.08. The number of benzene rings is 2. The number of carbonyl (C=O) groups excluding carboxylic acids is 1. The Hall–Kier alpha value is -2.83. The van der Waals surface area contributed by atoms with Crippen molar-refractivity contribution < 1.29 is 18.5 Å². The lowest BCUT2D eigenvalue weighted by atomic mass is 10.1. The summed E-state index contributed by atoms with van der Waals surface area (Å²) in [6.45, 7) is 1.39. The quantitative estimate of drug-likeness (QED) is 0.695. The fraction of sp³-hybridized carbons (Fsp3) is 0.0714. The first-order chi connectivity index (χ1) is 9.91. The molecule has 2 aromatic rings. The second kappa shape index (κ2) is 5.66. The molecule has 7 heteroatoms. The molecule has 0 spiro atoms. The maximum absolute atomic E-state index is 13.5. The van der Waals surface area contributed by atoms with Crippen molar-refractivity contribution in [2.75, 3.05) is 5.32 Å². The number of anilines is 1. The second-order valence-electron chi connectivity index (χ2n) is 4.26. The average Bonchev–Trinajstić information content (AvgIpc) is 2.42. The zero-order chi connectivity index (χ0) is 15.6. The van der Waals surface area contributed by atoms with Crippen molar-refractivity contribution in [1.29, 1.82) is 0 Å². The Bertz CT molecular complexity index is 712. The summed E-state index contributed by atoms with van der Waals surface area (Å²) >= 11 is 0. The first kappa shape index (κ1) is 14.6. The van der Waals surface area contributed by atoms with Crippen LogP contribution in [0.5, 0.6) is 0 Å². The van der Waals surface area contributed by atoms with Crippen LogP contribution in [0.1, 0.15) is 15.9 Å². The summed E-state index contributed by atoms with van der Waals surface area (Å²) in [6.07, 6.45) is 0. The molecule has 0 aliphatic rings. The summed E-state index contributed by atoms with van der Waals surface area (Å²) < 4.78 is 26.9. The smallest absolute Gasteiger partial charge is 0.273 e. The largest absolute Gasteiger partial charge is 0.317 e.